The molecule has 0 aliphatic heterocycles. The van der Waals surface area contributed by atoms with Crippen LogP contribution in [0.3, 0.4) is 0 Å². The molecule has 14 heavy (non-hydrogen) atoms. The number of aryl methyl sites for hydroxylation is 1. The van der Waals surface area contributed by atoms with Crippen molar-refractivity contribution in [3.05, 3.63) is 18.2 Å². The Kier molecular flexibility index (Phi) is 1.57. The van der Waals surface area contributed by atoms with Crippen LogP contribution in [-0.2, 0) is 12.1 Å². The molecule has 3 rings (SSSR count). The van der Waals surface area contributed by atoms with Crippen LogP contribution in [0.4, 0.5) is 0 Å². The average Bonchev–Trinajstić information content (AvgIpc) is 2.70. The highest BCUT2D eigenvalue weighted by molar-refractivity contribution is 5.20. The van der Waals surface area contributed by atoms with E-state index in [-0.39, 0.29) is 0 Å². The van der Waals surface area contributed by atoms with Gasteiger partial charge in [-0.1, -0.05) is 0 Å². The number of hydrogen-bond acceptors (Lipinski definition) is 2. The van der Waals surface area contributed by atoms with Gasteiger partial charge in [-0.2, -0.15) is 0 Å². The first-order valence-corrected chi connectivity index (χ1v) is 5.48. The number of rotatable bonds is 2. The van der Waals surface area contributed by atoms with E-state index >= 15 is 0 Å². The largest absolute Gasteiger partial charge is 0.383 e. The maximum Gasteiger partial charge on any atom is 0.111 e. The molecule has 2 saturated carbocycles. The number of aliphatic hydroxyl groups is 1. The topological polar surface area (TPSA) is 38.0 Å². The van der Waals surface area contributed by atoms with Crippen molar-refractivity contribution >= 4 is 0 Å². The van der Waals surface area contributed by atoms with E-state index < -0.39 is 5.60 Å². The van der Waals surface area contributed by atoms with Gasteiger partial charge < -0.3 is 9.67 Å². The summed E-state index contributed by atoms with van der Waals surface area (Å²) in [6.45, 7) is 3.02. The molecule has 3 atom stereocenters. The highest BCUT2D eigenvalue weighted by Crippen LogP contribution is 2.61. The summed E-state index contributed by atoms with van der Waals surface area (Å²) in [7, 11) is 0. The van der Waals surface area contributed by atoms with Crippen LogP contribution in [0.1, 0.15) is 31.9 Å². The number of fused-ring (bicyclic) bond motifs is 1. The second-order valence-corrected chi connectivity index (χ2v) is 4.65. The highest BCUT2D eigenvalue weighted by atomic mass is 16.3. The van der Waals surface area contributed by atoms with E-state index in [0.717, 1.165) is 24.6 Å². The predicted molar refractivity (Wildman–Crippen MR) is 52.6 cm³/mol. The van der Waals surface area contributed by atoms with Crippen molar-refractivity contribution in [2.45, 2.75) is 38.3 Å². The van der Waals surface area contributed by atoms with Gasteiger partial charge in [0, 0.05) is 12.7 Å². The number of aromatic nitrogens is 2. The van der Waals surface area contributed by atoms with Crippen molar-refractivity contribution < 1.29 is 5.11 Å². The Morgan fingerprint density at radius 2 is 2.57 bits per heavy atom. The Morgan fingerprint density at radius 1 is 1.71 bits per heavy atom. The third-order valence-electron chi connectivity index (χ3n) is 3.87. The predicted octanol–water partition coefficient (Wildman–Crippen LogP) is 1.52. The molecule has 0 radical (unpaired) electrons. The zero-order valence-corrected chi connectivity index (χ0v) is 8.48. The molecule has 1 N–H and O–H groups in total. The van der Waals surface area contributed by atoms with Gasteiger partial charge in [-0.25, -0.2) is 4.98 Å². The number of imidazole rings is 1. The summed E-state index contributed by atoms with van der Waals surface area (Å²) in [6.07, 6.45) is 7.11. The molecule has 2 aliphatic carbocycles. The van der Waals surface area contributed by atoms with Crippen molar-refractivity contribution in [2.75, 3.05) is 0 Å². The van der Waals surface area contributed by atoms with Gasteiger partial charge in [0.05, 0.1) is 12.0 Å². The fraction of sp³-hybridized carbons (Fsp3) is 0.727. The summed E-state index contributed by atoms with van der Waals surface area (Å²) in [5.41, 5.74) is 0.301. The SMILES string of the molecule is CCn1cnc(C2(O)CCC3CC32)c1. The van der Waals surface area contributed by atoms with Crippen LogP contribution >= 0.6 is 0 Å². The van der Waals surface area contributed by atoms with Gasteiger partial charge >= 0.3 is 0 Å². The lowest BCUT2D eigenvalue weighted by molar-refractivity contribution is 0.0167. The van der Waals surface area contributed by atoms with E-state index in [1.54, 1.807) is 0 Å². The van der Waals surface area contributed by atoms with Crippen LogP contribution in [0.25, 0.3) is 0 Å². The van der Waals surface area contributed by atoms with Gasteiger partial charge in [-0.3, -0.25) is 0 Å². The van der Waals surface area contributed by atoms with Crippen LogP contribution < -0.4 is 0 Å². The minimum Gasteiger partial charge on any atom is -0.383 e. The van der Waals surface area contributed by atoms with Gasteiger partial charge in [0.1, 0.15) is 5.60 Å². The van der Waals surface area contributed by atoms with E-state index in [1.807, 2.05) is 17.1 Å². The molecule has 76 valence electrons. The van der Waals surface area contributed by atoms with E-state index in [1.165, 1.54) is 12.8 Å². The molecule has 1 heterocycles. The monoisotopic (exact) mass is 192 g/mol. The molecule has 0 bridgehead atoms. The van der Waals surface area contributed by atoms with Crippen LogP contribution in [0.5, 0.6) is 0 Å². The minimum absolute atomic E-state index is 0.503. The summed E-state index contributed by atoms with van der Waals surface area (Å²) < 4.78 is 2.03. The van der Waals surface area contributed by atoms with Crippen molar-refractivity contribution in [3.8, 4) is 0 Å². The number of nitrogens with zero attached hydrogens (tertiary/aromatic N) is 2. The molecule has 0 amide bonds. The quantitative estimate of drug-likeness (QED) is 0.771. The molecule has 1 aromatic heterocycles. The first-order chi connectivity index (χ1) is 6.74. The lowest BCUT2D eigenvalue weighted by atomic mass is 9.94. The van der Waals surface area contributed by atoms with Crippen molar-refractivity contribution in [3.63, 3.8) is 0 Å². The molecule has 0 spiro atoms. The van der Waals surface area contributed by atoms with E-state index in [4.69, 9.17) is 0 Å². The Labute approximate surface area is 83.8 Å². The second kappa shape index (κ2) is 2.60. The summed E-state index contributed by atoms with van der Waals surface area (Å²) >= 11 is 0. The fourth-order valence-electron chi connectivity index (χ4n) is 2.82. The smallest absolute Gasteiger partial charge is 0.111 e. The lowest BCUT2D eigenvalue weighted by Crippen LogP contribution is -2.25. The molecule has 0 aromatic carbocycles. The van der Waals surface area contributed by atoms with Gasteiger partial charge in [-0.15, -0.1) is 0 Å². The molecule has 3 nitrogen and oxygen atoms in total. The van der Waals surface area contributed by atoms with Crippen molar-refractivity contribution in [2.24, 2.45) is 11.8 Å². The van der Waals surface area contributed by atoms with Crippen molar-refractivity contribution in [1.82, 2.24) is 9.55 Å². The second-order valence-electron chi connectivity index (χ2n) is 4.65. The van der Waals surface area contributed by atoms with Crippen LogP contribution in [0.2, 0.25) is 0 Å². The Balaban J connectivity index is 1.93. The maximum atomic E-state index is 10.5. The van der Waals surface area contributed by atoms with E-state index in [0.29, 0.717) is 5.92 Å². The van der Waals surface area contributed by atoms with Gasteiger partial charge in [0.2, 0.25) is 0 Å². The summed E-state index contributed by atoms with van der Waals surface area (Å²) in [6, 6.07) is 0. The first kappa shape index (κ1) is 8.48. The standard InChI is InChI=1S/C11H16N2O/c1-2-13-6-10(12-7-13)11(14)4-3-8-5-9(8)11/h6-9,14H,2-5H2,1H3. The maximum absolute atomic E-state index is 10.5. The molecule has 3 heteroatoms. The molecule has 3 unspecified atom stereocenters. The molecular weight excluding hydrogens is 176 g/mol. The third-order valence-corrected chi connectivity index (χ3v) is 3.87. The Hall–Kier alpha value is -0.830. The first-order valence-electron chi connectivity index (χ1n) is 5.48. The van der Waals surface area contributed by atoms with E-state index in [2.05, 4.69) is 11.9 Å². The van der Waals surface area contributed by atoms with Gasteiger partial charge in [-0.05, 0) is 38.0 Å². The summed E-state index contributed by atoms with van der Waals surface area (Å²) in [5.74, 6) is 1.29. The lowest BCUT2D eigenvalue weighted by Gasteiger charge is -2.21. The Morgan fingerprint density at radius 3 is 3.07 bits per heavy atom. The zero-order valence-electron chi connectivity index (χ0n) is 8.48. The fourth-order valence-corrected chi connectivity index (χ4v) is 2.82. The summed E-state index contributed by atoms with van der Waals surface area (Å²) in [5, 5.41) is 10.5. The number of hydrogen-bond donors (Lipinski definition) is 1. The zero-order chi connectivity index (χ0) is 9.76. The van der Waals surface area contributed by atoms with Crippen LogP contribution in [-0.4, -0.2) is 14.7 Å². The normalized spacial score (nSPS) is 39.9. The molecule has 1 aromatic rings. The third kappa shape index (κ3) is 0.989. The summed E-state index contributed by atoms with van der Waals surface area (Å²) in [4.78, 5) is 4.33. The minimum atomic E-state index is -0.592. The molecule has 0 saturated heterocycles. The highest BCUT2D eigenvalue weighted by Gasteiger charge is 2.58. The molecule has 2 fully saturated rings. The van der Waals surface area contributed by atoms with E-state index in [9.17, 15) is 5.11 Å². The Bertz CT molecular complexity index is 360. The van der Waals surface area contributed by atoms with Gasteiger partial charge in [0.25, 0.3) is 0 Å². The molecular formula is C11H16N2O. The average molecular weight is 192 g/mol. The van der Waals surface area contributed by atoms with Crippen LogP contribution in [0.15, 0.2) is 12.5 Å². The molecule has 2 aliphatic rings. The van der Waals surface area contributed by atoms with Gasteiger partial charge in [0.15, 0.2) is 0 Å². The van der Waals surface area contributed by atoms with Crippen LogP contribution in [0, 0.1) is 11.8 Å². The van der Waals surface area contributed by atoms with Crippen molar-refractivity contribution in [1.29, 1.82) is 0 Å².